The largest absolute Gasteiger partial charge is 0.313 e. The fraction of sp³-hybridized carbons (Fsp3) is 0.647. The van der Waals surface area contributed by atoms with E-state index in [1.54, 1.807) is 0 Å². The first-order valence-corrected chi connectivity index (χ1v) is 8.74. The van der Waals surface area contributed by atoms with Crippen molar-refractivity contribution in [3.8, 4) is 0 Å². The van der Waals surface area contributed by atoms with Gasteiger partial charge in [-0.05, 0) is 67.3 Å². The molecule has 1 saturated carbocycles. The van der Waals surface area contributed by atoms with Gasteiger partial charge in [-0.3, -0.25) is 4.57 Å². The summed E-state index contributed by atoms with van der Waals surface area (Å²) in [4.78, 5) is 0. The fourth-order valence-electron chi connectivity index (χ4n) is 5.27. The second-order valence-corrected chi connectivity index (χ2v) is 7.80. The van der Waals surface area contributed by atoms with Crippen LogP contribution in [-0.4, -0.2) is 12.6 Å². The maximum atomic E-state index is 11.3. The second-order valence-electron chi connectivity index (χ2n) is 7.10. The van der Waals surface area contributed by atoms with Crippen LogP contribution >= 0.6 is 8.46 Å². The van der Waals surface area contributed by atoms with Crippen LogP contribution in [0.15, 0.2) is 18.2 Å². The van der Waals surface area contributed by atoms with Crippen LogP contribution in [0.5, 0.6) is 0 Å². The first-order valence-electron chi connectivity index (χ1n) is 7.93. The van der Waals surface area contributed by atoms with Gasteiger partial charge in [0.2, 0.25) is 0 Å². The van der Waals surface area contributed by atoms with Crippen molar-refractivity contribution in [1.82, 2.24) is 5.32 Å². The molecule has 4 atom stereocenters. The Balaban J connectivity index is 1.89. The van der Waals surface area contributed by atoms with Gasteiger partial charge in [-0.2, -0.15) is 0 Å². The van der Waals surface area contributed by atoms with Crippen molar-refractivity contribution in [2.24, 2.45) is 11.8 Å². The molecule has 0 aromatic heterocycles. The summed E-state index contributed by atoms with van der Waals surface area (Å²) in [6.45, 7) is 3.55. The summed E-state index contributed by atoms with van der Waals surface area (Å²) < 4.78 is 11.3. The van der Waals surface area contributed by atoms with E-state index in [9.17, 15) is 4.57 Å². The number of fused-ring (bicyclic) bond motifs is 1. The summed E-state index contributed by atoms with van der Waals surface area (Å²) in [5.74, 6) is 1.61. The average Bonchev–Trinajstić information content (AvgIpc) is 2.46. The van der Waals surface area contributed by atoms with E-state index in [-0.39, 0.29) is 8.46 Å². The van der Waals surface area contributed by atoms with Gasteiger partial charge >= 0.3 is 0 Å². The molecule has 1 saturated heterocycles. The van der Waals surface area contributed by atoms with E-state index in [1.165, 1.54) is 36.8 Å². The highest BCUT2D eigenvalue weighted by atomic mass is 31.1. The molecule has 2 bridgehead atoms. The molecule has 106 valence electrons. The Morgan fingerprint density at radius 1 is 1.35 bits per heavy atom. The highest BCUT2D eigenvalue weighted by molar-refractivity contribution is 7.34. The summed E-state index contributed by atoms with van der Waals surface area (Å²) in [5, 5.41) is 4.72. The average molecular weight is 287 g/mol. The van der Waals surface area contributed by atoms with Gasteiger partial charge in [0, 0.05) is 16.8 Å². The van der Waals surface area contributed by atoms with Crippen LogP contribution in [0.1, 0.15) is 43.7 Å². The van der Waals surface area contributed by atoms with Gasteiger partial charge in [0.1, 0.15) is 0 Å². The lowest BCUT2D eigenvalue weighted by molar-refractivity contribution is 0.0566. The normalized spacial score (nSPS) is 39.1. The van der Waals surface area contributed by atoms with Crippen molar-refractivity contribution < 1.29 is 4.57 Å². The van der Waals surface area contributed by atoms with Crippen molar-refractivity contribution in [1.29, 1.82) is 0 Å². The molecule has 1 aromatic rings. The third-order valence-corrected chi connectivity index (χ3v) is 6.52. The molecule has 3 aliphatic rings. The van der Waals surface area contributed by atoms with Crippen molar-refractivity contribution in [2.45, 2.75) is 50.5 Å². The van der Waals surface area contributed by atoms with Gasteiger partial charge in [0.25, 0.3) is 0 Å². The van der Waals surface area contributed by atoms with Crippen molar-refractivity contribution in [3.63, 3.8) is 0 Å². The third-order valence-electron chi connectivity index (χ3n) is 6.03. The third kappa shape index (κ3) is 1.74. The molecule has 1 heterocycles. The Labute approximate surface area is 122 Å². The predicted octanol–water partition coefficient (Wildman–Crippen LogP) is 3.20. The lowest BCUT2D eigenvalue weighted by Gasteiger charge is -2.57. The first-order chi connectivity index (χ1) is 9.73. The van der Waals surface area contributed by atoms with Crippen molar-refractivity contribution in [3.05, 3.63) is 29.3 Å². The summed E-state index contributed by atoms with van der Waals surface area (Å²) in [6.07, 6.45) is 6.47. The predicted molar refractivity (Wildman–Crippen MR) is 82.0 cm³/mol. The molecule has 4 rings (SSSR count). The quantitative estimate of drug-likeness (QED) is 0.804. The zero-order chi connectivity index (χ0) is 13.7. The molecule has 2 nitrogen and oxygen atoms in total. The van der Waals surface area contributed by atoms with Crippen LogP contribution in [0.25, 0.3) is 0 Å². The topological polar surface area (TPSA) is 29.1 Å². The molecule has 0 spiro atoms. The van der Waals surface area contributed by atoms with E-state index in [1.807, 2.05) is 6.07 Å². The molecule has 0 amide bonds. The van der Waals surface area contributed by atoms with Crippen LogP contribution in [0.2, 0.25) is 0 Å². The Morgan fingerprint density at radius 3 is 3.10 bits per heavy atom. The lowest BCUT2D eigenvalue weighted by atomic mass is 9.51. The molecule has 2 aliphatic carbocycles. The molecule has 3 heteroatoms. The number of hydrogen-bond donors (Lipinski definition) is 1. The minimum Gasteiger partial charge on any atom is -0.313 e. The highest BCUT2D eigenvalue weighted by Crippen LogP contribution is 2.54. The summed E-state index contributed by atoms with van der Waals surface area (Å²) in [6, 6.07) is 7.18. The molecular weight excluding hydrogens is 265 g/mol. The molecular formula is C17H22NOP. The van der Waals surface area contributed by atoms with Gasteiger partial charge < -0.3 is 5.32 Å². The van der Waals surface area contributed by atoms with Gasteiger partial charge in [-0.1, -0.05) is 19.4 Å². The molecule has 2 fully saturated rings. The van der Waals surface area contributed by atoms with Crippen LogP contribution < -0.4 is 10.6 Å². The van der Waals surface area contributed by atoms with Gasteiger partial charge in [-0.15, -0.1) is 0 Å². The second kappa shape index (κ2) is 4.64. The SMILES string of the molecule is CC1CCC2[C@H]3Cc4ccc(P=O)cc4[C@@]2(CCN3)C1. The Bertz CT molecular complexity index is 558. The first kappa shape index (κ1) is 13.0. The van der Waals surface area contributed by atoms with Gasteiger partial charge in [0.05, 0.1) is 0 Å². The summed E-state index contributed by atoms with van der Waals surface area (Å²) in [7, 11) is 0.163. The monoisotopic (exact) mass is 287 g/mol. The molecule has 20 heavy (non-hydrogen) atoms. The Kier molecular flexibility index (Phi) is 3.01. The van der Waals surface area contributed by atoms with Gasteiger partial charge in [-0.25, -0.2) is 0 Å². The molecule has 1 aliphatic heterocycles. The molecule has 0 radical (unpaired) electrons. The number of benzene rings is 1. The van der Waals surface area contributed by atoms with Crippen molar-refractivity contribution >= 4 is 13.8 Å². The molecule has 1 aromatic carbocycles. The number of nitrogens with one attached hydrogen (secondary N) is 1. The van der Waals surface area contributed by atoms with E-state index < -0.39 is 0 Å². The maximum absolute atomic E-state index is 11.3. The Morgan fingerprint density at radius 2 is 2.25 bits per heavy atom. The number of rotatable bonds is 1. The maximum Gasteiger partial charge on any atom is 0.192 e. The zero-order valence-electron chi connectivity index (χ0n) is 12.1. The van der Waals surface area contributed by atoms with Gasteiger partial charge in [0.15, 0.2) is 8.46 Å². The zero-order valence-corrected chi connectivity index (χ0v) is 13.0. The molecule has 2 unspecified atom stereocenters. The lowest BCUT2D eigenvalue weighted by Crippen LogP contribution is -2.60. The fourth-order valence-corrected chi connectivity index (χ4v) is 5.59. The van der Waals surface area contributed by atoms with Crippen LogP contribution in [0.3, 0.4) is 0 Å². The number of hydrogen-bond acceptors (Lipinski definition) is 2. The van der Waals surface area contributed by atoms with E-state index in [2.05, 4.69) is 24.4 Å². The van der Waals surface area contributed by atoms with E-state index >= 15 is 0 Å². The van der Waals surface area contributed by atoms with Crippen molar-refractivity contribution in [2.75, 3.05) is 6.54 Å². The van der Waals surface area contributed by atoms with E-state index in [0.717, 1.165) is 30.1 Å². The van der Waals surface area contributed by atoms with Crippen LogP contribution in [0, 0.1) is 11.8 Å². The number of piperidine rings is 1. The minimum absolute atomic E-state index is 0.163. The smallest absolute Gasteiger partial charge is 0.192 e. The molecule has 1 N–H and O–H groups in total. The highest BCUT2D eigenvalue weighted by Gasteiger charge is 2.52. The standard InChI is InChI=1S/C17H22NOP/c1-11-2-5-14-16-8-12-3-4-13(20-19)9-15(12)17(14,10-11)6-7-18-16/h3-4,9,11,14,16,18H,2,5-8,10H2,1H3/t11?,14?,16-,17+/m1/s1. The summed E-state index contributed by atoms with van der Waals surface area (Å²) >= 11 is 0. The van der Waals surface area contributed by atoms with E-state index in [0.29, 0.717) is 11.5 Å². The Hall–Kier alpha value is -0.720. The van der Waals surface area contributed by atoms with E-state index in [4.69, 9.17) is 0 Å². The summed E-state index contributed by atoms with van der Waals surface area (Å²) in [5.41, 5.74) is 3.40. The van der Waals surface area contributed by atoms with Crippen LogP contribution in [0.4, 0.5) is 0 Å². The van der Waals surface area contributed by atoms with Crippen LogP contribution in [-0.2, 0) is 16.4 Å². The minimum atomic E-state index is 0.163.